The lowest BCUT2D eigenvalue weighted by atomic mass is 10.1. The fourth-order valence-electron chi connectivity index (χ4n) is 2.13. The molecule has 2 rings (SSSR count). The maximum Gasteiger partial charge on any atom is 0.224 e. The van der Waals surface area contributed by atoms with Gasteiger partial charge in [-0.25, -0.2) is 0 Å². The molecule has 0 saturated carbocycles. The third-order valence-corrected chi connectivity index (χ3v) is 3.15. The summed E-state index contributed by atoms with van der Waals surface area (Å²) < 4.78 is 0. The highest BCUT2D eigenvalue weighted by molar-refractivity contribution is 6.02. The SMILES string of the molecule is CCCC(=O)Nc1cnc2c(CC)cccc2c1N. The predicted molar refractivity (Wildman–Crippen MR) is 79.1 cm³/mol. The molecule has 1 aromatic carbocycles. The highest BCUT2D eigenvalue weighted by Gasteiger charge is 2.10. The number of amides is 1. The summed E-state index contributed by atoms with van der Waals surface area (Å²) in [6, 6.07) is 5.95. The summed E-state index contributed by atoms with van der Waals surface area (Å²) in [5.41, 5.74) is 9.39. The van der Waals surface area contributed by atoms with Gasteiger partial charge in [-0.05, 0) is 18.4 Å². The topological polar surface area (TPSA) is 68.0 Å². The van der Waals surface area contributed by atoms with Gasteiger partial charge in [0.15, 0.2) is 0 Å². The first-order valence-electron chi connectivity index (χ1n) is 6.63. The van der Waals surface area contributed by atoms with E-state index in [1.807, 2.05) is 25.1 Å². The van der Waals surface area contributed by atoms with E-state index < -0.39 is 0 Å². The second-order valence-electron chi connectivity index (χ2n) is 4.55. The van der Waals surface area contributed by atoms with Gasteiger partial charge in [0.2, 0.25) is 5.91 Å². The van der Waals surface area contributed by atoms with Crippen molar-refractivity contribution in [3.63, 3.8) is 0 Å². The molecule has 0 radical (unpaired) electrons. The number of carbonyl (C=O) groups excluding carboxylic acids is 1. The number of nitrogens with two attached hydrogens (primary N) is 1. The first-order chi connectivity index (χ1) is 9.17. The van der Waals surface area contributed by atoms with E-state index in [-0.39, 0.29) is 5.91 Å². The lowest BCUT2D eigenvalue weighted by Crippen LogP contribution is -2.12. The molecule has 0 spiro atoms. The molecular formula is C15H19N3O. The lowest BCUT2D eigenvalue weighted by Gasteiger charge is -2.11. The average molecular weight is 257 g/mol. The third kappa shape index (κ3) is 2.67. The summed E-state index contributed by atoms with van der Waals surface area (Å²) in [4.78, 5) is 16.1. The van der Waals surface area contributed by atoms with Crippen LogP contribution in [0.4, 0.5) is 11.4 Å². The Morgan fingerprint density at radius 2 is 2.16 bits per heavy atom. The van der Waals surface area contributed by atoms with Crippen LogP contribution >= 0.6 is 0 Å². The first kappa shape index (κ1) is 13.3. The minimum atomic E-state index is -0.0259. The molecule has 0 aliphatic heterocycles. The number of nitrogens with zero attached hydrogens (tertiary/aromatic N) is 1. The van der Waals surface area contributed by atoms with Crippen LogP contribution in [-0.4, -0.2) is 10.9 Å². The number of nitrogen functional groups attached to an aromatic ring is 1. The Labute approximate surface area is 113 Å². The van der Waals surface area contributed by atoms with Crippen LogP contribution in [0.25, 0.3) is 10.9 Å². The molecule has 1 aromatic heterocycles. The number of aryl methyl sites for hydroxylation is 1. The van der Waals surface area contributed by atoms with Crippen molar-refractivity contribution >= 4 is 28.2 Å². The van der Waals surface area contributed by atoms with Crippen molar-refractivity contribution in [3.05, 3.63) is 30.0 Å². The minimum Gasteiger partial charge on any atom is -0.396 e. The normalized spacial score (nSPS) is 10.6. The van der Waals surface area contributed by atoms with Gasteiger partial charge in [-0.2, -0.15) is 0 Å². The Morgan fingerprint density at radius 3 is 2.84 bits per heavy atom. The van der Waals surface area contributed by atoms with E-state index >= 15 is 0 Å². The predicted octanol–water partition coefficient (Wildman–Crippen LogP) is 3.12. The van der Waals surface area contributed by atoms with Gasteiger partial charge >= 0.3 is 0 Å². The van der Waals surface area contributed by atoms with E-state index in [4.69, 9.17) is 5.73 Å². The van der Waals surface area contributed by atoms with Crippen LogP contribution in [0.15, 0.2) is 24.4 Å². The van der Waals surface area contributed by atoms with Crippen LogP contribution in [0.5, 0.6) is 0 Å². The maximum absolute atomic E-state index is 11.6. The summed E-state index contributed by atoms with van der Waals surface area (Å²) >= 11 is 0. The van der Waals surface area contributed by atoms with Crippen molar-refractivity contribution in [2.45, 2.75) is 33.1 Å². The van der Waals surface area contributed by atoms with E-state index in [1.165, 1.54) is 0 Å². The molecule has 0 unspecified atom stereocenters. The van der Waals surface area contributed by atoms with E-state index in [2.05, 4.69) is 17.2 Å². The number of para-hydroxylation sites is 1. The molecule has 0 bridgehead atoms. The van der Waals surface area contributed by atoms with Gasteiger partial charge < -0.3 is 11.1 Å². The second-order valence-corrected chi connectivity index (χ2v) is 4.55. The quantitative estimate of drug-likeness (QED) is 0.884. The van der Waals surface area contributed by atoms with Crippen LogP contribution in [0.1, 0.15) is 32.3 Å². The monoisotopic (exact) mass is 257 g/mol. The van der Waals surface area contributed by atoms with Crippen LogP contribution < -0.4 is 11.1 Å². The molecule has 0 saturated heterocycles. The fourth-order valence-corrected chi connectivity index (χ4v) is 2.13. The number of hydrogen-bond acceptors (Lipinski definition) is 3. The van der Waals surface area contributed by atoms with Gasteiger partial charge in [-0.15, -0.1) is 0 Å². The summed E-state index contributed by atoms with van der Waals surface area (Å²) in [5, 5.41) is 3.71. The number of pyridine rings is 1. The zero-order chi connectivity index (χ0) is 13.8. The molecule has 100 valence electrons. The molecule has 4 nitrogen and oxygen atoms in total. The third-order valence-electron chi connectivity index (χ3n) is 3.15. The Bertz CT molecular complexity index is 608. The average Bonchev–Trinajstić information content (AvgIpc) is 2.41. The highest BCUT2D eigenvalue weighted by atomic mass is 16.1. The number of fused-ring (bicyclic) bond motifs is 1. The number of rotatable bonds is 4. The van der Waals surface area contributed by atoms with Gasteiger partial charge in [0, 0.05) is 11.8 Å². The van der Waals surface area contributed by atoms with Crippen molar-refractivity contribution in [2.24, 2.45) is 0 Å². The number of anilines is 2. The molecule has 0 aliphatic carbocycles. The maximum atomic E-state index is 11.6. The van der Waals surface area contributed by atoms with Crippen LogP contribution in [-0.2, 0) is 11.2 Å². The van der Waals surface area contributed by atoms with Gasteiger partial charge in [0.05, 0.1) is 23.1 Å². The Morgan fingerprint density at radius 1 is 1.37 bits per heavy atom. The van der Waals surface area contributed by atoms with E-state index in [1.54, 1.807) is 6.20 Å². The zero-order valence-corrected chi connectivity index (χ0v) is 11.4. The number of hydrogen-bond donors (Lipinski definition) is 2. The number of benzene rings is 1. The summed E-state index contributed by atoms with van der Waals surface area (Å²) in [5.74, 6) is -0.0259. The molecule has 4 heteroatoms. The first-order valence-corrected chi connectivity index (χ1v) is 6.63. The van der Waals surface area contributed by atoms with Crippen LogP contribution in [0.3, 0.4) is 0 Å². The molecule has 3 N–H and O–H groups in total. The standard InChI is InChI=1S/C15H19N3O/c1-3-6-13(19)18-12-9-17-15-10(4-2)7-5-8-11(15)14(12)16/h5,7-9H,3-4,6H2,1-2H3,(H2,16,17)(H,18,19). The Balaban J connectivity index is 2.43. The second kappa shape index (κ2) is 5.69. The van der Waals surface area contributed by atoms with Gasteiger partial charge in [0.25, 0.3) is 0 Å². The minimum absolute atomic E-state index is 0.0259. The number of aromatic nitrogens is 1. The van der Waals surface area contributed by atoms with Gasteiger partial charge in [-0.3, -0.25) is 9.78 Å². The smallest absolute Gasteiger partial charge is 0.224 e. The van der Waals surface area contributed by atoms with Crippen LogP contribution in [0, 0.1) is 0 Å². The van der Waals surface area contributed by atoms with Crippen molar-refractivity contribution in [2.75, 3.05) is 11.1 Å². The Kier molecular flexibility index (Phi) is 4.00. The molecule has 19 heavy (non-hydrogen) atoms. The van der Waals surface area contributed by atoms with E-state index in [9.17, 15) is 4.79 Å². The number of carbonyl (C=O) groups is 1. The van der Waals surface area contributed by atoms with E-state index in [0.29, 0.717) is 17.8 Å². The lowest BCUT2D eigenvalue weighted by molar-refractivity contribution is -0.116. The molecule has 1 heterocycles. The summed E-state index contributed by atoms with van der Waals surface area (Å²) in [7, 11) is 0. The van der Waals surface area contributed by atoms with Gasteiger partial charge in [0.1, 0.15) is 0 Å². The molecule has 2 aromatic rings. The molecule has 0 aliphatic rings. The highest BCUT2D eigenvalue weighted by Crippen LogP contribution is 2.29. The number of nitrogens with one attached hydrogen (secondary N) is 1. The Hall–Kier alpha value is -2.10. The summed E-state index contributed by atoms with van der Waals surface area (Å²) in [6.45, 7) is 4.05. The van der Waals surface area contributed by atoms with Gasteiger partial charge in [-0.1, -0.05) is 32.0 Å². The van der Waals surface area contributed by atoms with Crippen molar-refractivity contribution in [1.29, 1.82) is 0 Å². The zero-order valence-electron chi connectivity index (χ0n) is 11.4. The molecular weight excluding hydrogens is 238 g/mol. The molecule has 0 fully saturated rings. The van der Waals surface area contributed by atoms with E-state index in [0.717, 1.165) is 29.3 Å². The molecule has 0 atom stereocenters. The van der Waals surface area contributed by atoms with Crippen LogP contribution in [0.2, 0.25) is 0 Å². The van der Waals surface area contributed by atoms with Crippen molar-refractivity contribution in [1.82, 2.24) is 4.98 Å². The largest absolute Gasteiger partial charge is 0.396 e. The summed E-state index contributed by atoms with van der Waals surface area (Å²) in [6.07, 6.45) is 3.86. The fraction of sp³-hybridized carbons (Fsp3) is 0.333. The van der Waals surface area contributed by atoms with Crippen molar-refractivity contribution < 1.29 is 4.79 Å². The molecule has 1 amide bonds. The van der Waals surface area contributed by atoms with Crippen molar-refractivity contribution in [3.8, 4) is 0 Å².